The van der Waals surface area contributed by atoms with Crippen LogP contribution in [-0.4, -0.2) is 38.3 Å². The molecule has 0 bridgehead atoms. The summed E-state index contributed by atoms with van der Waals surface area (Å²) in [4.78, 5) is 19.1. The lowest BCUT2D eigenvalue weighted by molar-refractivity contribution is -0.155. The summed E-state index contributed by atoms with van der Waals surface area (Å²) in [7, 11) is 0. The molecule has 18 heavy (non-hydrogen) atoms. The largest absolute Gasteiger partial charge is 0.479 e. The zero-order chi connectivity index (χ0) is 13.2. The maximum Gasteiger partial charge on any atom is 0.337 e. The van der Waals surface area contributed by atoms with Crippen LogP contribution in [0.5, 0.6) is 0 Å². The first-order chi connectivity index (χ1) is 8.50. The van der Waals surface area contributed by atoms with Crippen LogP contribution in [0, 0.1) is 0 Å². The lowest BCUT2D eigenvalue weighted by Gasteiger charge is -2.19. The first kappa shape index (κ1) is 12.3. The molecule has 0 aromatic carbocycles. The minimum absolute atomic E-state index is 0.113. The van der Waals surface area contributed by atoms with Gasteiger partial charge in [-0.25, -0.2) is 4.79 Å². The molecule has 6 nitrogen and oxygen atoms in total. The number of aromatic nitrogens is 2. The van der Waals surface area contributed by atoms with Gasteiger partial charge >= 0.3 is 5.97 Å². The van der Waals surface area contributed by atoms with Gasteiger partial charge in [0.15, 0.2) is 5.60 Å². The summed E-state index contributed by atoms with van der Waals surface area (Å²) in [5, 5.41) is 21.3. The van der Waals surface area contributed by atoms with E-state index in [4.69, 9.17) is 5.11 Å². The van der Waals surface area contributed by atoms with Crippen LogP contribution in [-0.2, 0) is 4.79 Å². The van der Waals surface area contributed by atoms with E-state index in [0.717, 1.165) is 0 Å². The van der Waals surface area contributed by atoms with E-state index in [1.54, 1.807) is 24.5 Å². The Balaban J connectivity index is 2.25. The van der Waals surface area contributed by atoms with Crippen molar-refractivity contribution in [1.29, 1.82) is 0 Å². The summed E-state index contributed by atoms with van der Waals surface area (Å²) in [6, 6.07) is 5.27. The number of fused-ring (bicyclic) bond motifs is 1. The molecule has 3 N–H and O–H groups in total. The van der Waals surface area contributed by atoms with Gasteiger partial charge in [0.25, 0.3) is 0 Å². The monoisotopic (exact) mass is 247 g/mol. The summed E-state index contributed by atoms with van der Waals surface area (Å²) in [6.45, 7) is 1.12. The van der Waals surface area contributed by atoms with E-state index in [-0.39, 0.29) is 6.54 Å². The van der Waals surface area contributed by atoms with Crippen LogP contribution in [0.25, 0.3) is 11.0 Å². The fourth-order valence-corrected chi connectivity index (χ4v) is 1.47. The van der Waals surface area contributed by atoms with Gasteiger partial charge in [-0.3, -0.25) is 9.97 Å². The van der Waals surface area contributed by atoms with Crippen molar-refractivity contribution >= 4 is 22.7 Å². The second kappa shape index (κ2) is 4.58. The topological polar surface area (TPSA) is 95.3 Å². The van der Waals surface area contributed by atoms with E-state index in [1.165, 1.54) is 6.92 Å². The number of carbonyl (C=O) groups is 1. The number of rotatable bonds is 4. The molecule has 1 unspecified atom stereocenters. The number of carboxylic acid groups (broad SMARTS) is 1. The van der Waals surface area contributed by atoms with Crippen molar-refractivity contribution < 1.29 is 15.0 Å². The number of pyridine rings is 2. The van der Waals surface area contributed by atoms with Gasteiger partial charge in [0.1, 0.15) is 5.52 Å². The van der Waals surface area contributed by atoms with Crippen molar-refractivity contribution in [3.8, 4) is 0 Å². The molecule has 0 aliphatic heterocycles. The SMILES string of the molecule is CC(O)(CNc1ccnc2cccnc12)C(=O)O. The van der Waals surface area contributed by atoms with Crippen molar-refractivity contribution in [2.45, 2.75) is 12.5 Å². The minimum atomic E-state index is -1.83. The van der Waals surface area contributed by atoms with Gasteiger partial charge < -0.3 is 15.5 Å². The first-order valence-electron chi connectivity index (χ1n) is 5.40. The zero-order valence-corrected chi connectivity index (χ0v) is 9.79. The standard InChI is InChI=1S/C12H13N3O3/c1-12(18,11(16)17)7-15-9-4-6-13-8-3-2-5-14-10(8)9/h2-6,18H,7H2,1H3,(H,13,15)(H,16,17). The molecule has 0 radical (unpaired) electrons. The molecule has 0 spiro atoms. The van der Waals surface area contributed by atoms with Crippen LogP contribution in [0.3, 0.4) is 0 Å². The number of anilines is 1. The van der Waals surface area contributed by atoms with Gasteiger partial charge in [0.2, 0.25) is 0 Å². The molecule has 94 valence electrons. The molecular weight excluding hydrogens is 234 g/mol. The Morgan fingerprint density at radius 1 is 1.39 bits per heavy atom. The third kappa shape index (κ3) is 2.38. The van der Waals surface area contributed by atoms with E-state index in [1.807, 2.05) is 6.07 Å². The molecule has 2 aromatic heterocycles. The van der Waals surface area contributed by atoms with Gasteiger partial charge in [-0.15, -0.1) is 0 Å². The van der Waals surface area contributed by atoms with Crippen molar-refractivity contribution in [3.63, 3.8) is 0 Å². The Kier molecular flexibility index (Phi) is 3.12. The van der Waals surface area contributed by atoms with Crippen molar-refractivity contribution in [1.82, 2.24) is 9.97 Å². The quantitative estimate of drug-likeness (QED) is 0.742. The molecule has 2 heterocycles. The molecule has 0 amide bonds. The highest BCUT2D eigenvalue weighted by atomic mass is 16.4. The highest BCUT2D eigenvalue weighted by Crippen LogP contribution is 2.19. The zero-order valence-electron chi connectivity index (χ0n) is 9.79. The van der Waals surface area contributed by atoms with Crippen LogP contribution in [0.15, 0.2) is 30.6 Å². The predicted octanol–water partition coefficient (Wildman–Crippen LogP) is 0.877. The van der Waals surface area contributed by atoms with E-state index < -0.39 is 11.6 Å². The van der Waals surface area contributed by atoms with Gasteiger partial charge in [0.05, 0.1) is 17.7 Å². The number of hydrogen-bond acceptors (Lipinski definition) is 5. The van der Waals surface area contributed by atoms with Crippen molar-refractivity contribution in [2.75, 3.05) is 11.9 Å². The third-order valence-electron chi connectivity index (χ3n) is 2.58. The Morgan fingerprint density at radius 3 is 2.89 bits per heavy atom. The fraction of sp³-hybridized carbons (Fsp3) is 0.250. The average Bonchev–Trinajstić information content (AvgIpc) is 2.36. The fourth-order valence-electron chi connectivity index (χ4n) is 1.47. The summed E-state index contributed by atoms with van der Waals surface area (Å²) in [5.41, 5.74) is 0.158. The average molecular weight is 247 g/mol. The normalized spacial score (nSPS) is 14.1. The van der Waals surface area contributed by atoms with Crippen molar-refractivity contribution in [3.05, 3.63) is 30.6 Å². The van der Waals surface area contributed by atoms with E-state index >= 15 is 0 Å². The third-order valence-corrected chi connectivity index (χ3v) is 2.58. The van der Waals surface area contributed by atoms with E-state index in [9.17, 15) is 9.90 Å². The van der Waals surface area contributed by atoms with Crippen LogP contribution < -0.4 is 5.32 Å². The lowest BCUT2D eigenvalue weighted by atomic mass is 10.1. The highest BCUT2D eigenvalue weighted by molar-refractivity contribution is 5.87. The molecule has 0 saturated carbocycles. The number of hydrogen-bond donors (Lipinski definition) is 3. The molecule has 2 aromatic rings. The number of nitrogens with zero attached hydrogens (tertiary/aromatic N) is 2. The Morgan fingerprint density at radius 2 is 2.17 bits per heavy atom. The Hall–Kier alpha value is -2.21. The van der Waals surface area contributed by atoms with Gasteiger partial charge in [-0.2, -0.15) is 0 Å². The maximum absolute atomic E-state index is 10.8. The smallest absolute Gasteiger partial charge is 0.337 e. The minimum Gasteiger partial charge on any atom is -0.479 e. The van der Waals surface area contributed by atoms with E-state index in [0.29, 0.717) is 16.7 Å². The van der Waals surface area contributed by atoms with Gasteiger partial charge in [-0.05, 0) is 25.1 Å². The second-order valence-electron chi connectivity index (χ2n) is 4.16. The molecule has 2 rings (SSSR count). The molecule has 6 heteroatoms. The predicted molar refractivity (Wildman–Crippen MR) is 66.3 cm³/mol. The van der Waals surface area contributed by atoms with Crippen LogP contribution in [0.2, 0.25) is 0 Å². The molecule has 0 aliphatic carbocycles. The summed E-state index contributed by atoms with van der Waals surface area (Å²) in [6.07, 6.45) is 3.23. The molecule has 1 atom stereocenters. The van der Waals surface area contributed by atoms with Crippen molar-refractivity contribution in [2.24, 2.45) is 0 Å². The number of aliphatic hydroxyl groups is 1. The summed E-state index contributed by atoms with van der Waals surface area (Å²) >= 11 is 0. The summed E-state index contributed by atoms with van der Waals surface area (Å²) < 4.78 is 0. The van der Waals surface area contributed by atoms with Gasteiger partial charge in [-0.1, -0.05) is 0 Å². The number of nitrogens with one attached hydrogen (secondary N) is 1. The second-order valence-corrected chi connectivity index (χ2v) is 4.16. The van der Waals surface area contributed by atoms with Gasteiger partial charge in [0, 0.05) is 12.4 Å². The van der Waals surface area contributed by atoms with Crippen LogP contribution in [0.1, 0.15) is 6.92 Å². The van der Waals surface area contributed by atoms with Crippen LogP contribution >= 0.6 is 0 Å². The Bertz CT molecular complexity index is 578. The molecule has 0 fully saturated rings. The molecular formula is C12H13N3O3. The maximum atomic E-state index is 10.8. The van der Waals surface area contributed by atoms with E-state index in [2.05, 4.69) is 15.3 Å². The lowest BCUT2D eigenvalue weighted by Crippen LogP contribution is -2.41. The summed E-state index contributed by atoms with van der Waals surface area (Å²) in [5.74, 6) is -1.28. The highest BCUT2D eigenvalue weighted by Gasteiger charge is 2.29. The number of aliphatic carboxylic acids is 1. The first-order valence-corrected chi connectivity index (χ1v) is 5.40. The Labute approximate surface area is 103 Å². The molecule has 0 aliphatic rings. The number of carboxylic acids is 1. The molecule has 0 saturated heterocycles. The van der Waals surface area contributed by atoms with Crippen LogP contribution in [0.4, 0.5) is 5.69 Å².